The van der Waals surface area contributed by atoms with Gasteiger partial charge in [0.2, 0.25) is 0 Å². The maximum atomic E-state index is 11.8. The highest BCUT2D eigenvalue weighted by atomic mass is 16.3. The Hall–Kier alpha value is -1.15. The lowest BCUT2D eigenvalue weighted by Gasteiger charge is -2.54. The maximum absolute atomic E-state index is 11.8. The second-order valence-electron chi connectivity index (χ2n) is 4.83. The normalized spacial score (nSPS) is 37.9. The highest BCUT2D eigenvalue weighted by molar-refractivity contribution is 5.99. The molecule has 1 aromatic rings. The number of carbonyl (C=O) groups is 1. The van der Waals surface area contributed by atoms with Crippen molar-refractivity contribution in [3.8, 4) is 0 Å². The summed E-state index contributed by atoms with van der Waals surface area (Å²) in [5.74, 6) is 0.610. The predicted octanol–water partition coefficient (Wildman–Crippen LogP) is 2.12. The average Bonchev–Trinajstić information content (AvgIpc) is 2.26. The van der Waals surface area contributed by atoms with Gasteiger partial charge in [0.15, 0.2) is 5.78 Å². The molecule has 1 aromatic carbocycles. The molecule has 0 unspecified atom stereocenters. The molecular formula is C13H14O2. The largest absolute Gasteiger partial charge is 0.385 e. The summed E-state index contributed by atoms with van der Waals surface area (Å²) >= 11 is 0. The van der Waals surface area contributed by atoms with Crippen molar-refractivity contribution in [1.29, 1.82) is 0 Å². The van der Waals surface area contributed by atoms with E-state index in [1.807, 2.05) is 24.3 Å². The molecule has 2 nitrogen and oxygen atoms in total. The lowest BCUT2D eigenvalue weighted by Crippen LogP contribution is -2.55. The molecule has 0 saturated heterocycles. The quantitative estimate of drug-likeness (QED) is 0.699. The molecule has 2 aliphatic carbocycles. The minimum atomic E-state index is -0.732. The van der Waals surface area contributed by atoms with Gasteiger partial charge in [-0.15, -0.1) is 0 Å². The molecule has 0 bridgehead atoms. The Labute approximate surface area is 88.9 Å². The van der Waals surface area contributed by atoms with Crippen LogP contribution < -0.4 is 0 Å². The van der Waals surface area contributed by atoms with E-state index in [-0.39, 0.29) is 17.6 Å². The van der Waals surface area contributed by atoms with Crippen molar-refractivity contribution in [2.75, 3.05) is 0 Å². The monoisotopic (exact) mass is 202 g/mol. The van der Waals surface area contributed by atoms with Crippen LogP contribution in [0.1, 0.15) is 35.7 Å². The van der Waals surface area contributed by atoms with Gasteiger partial charge in [0.1, 0.15) is 0 Å². The van der Waals surface area contributed by atoms with E-state index in [0.29, 0.717) is 6.42 Å². The Morgan fingerprint density at radius 1 is 1.40 bits per heavy atom. The summed E-state index contributed by atoms with van der Waals surface area (Å²) in [7, 11) is 0. The highest BCUT2D eigenvalue weighted by Gasteiger charge is 2.56. The minimum Gasteiger partial charge on any atom is -0.385 e. The zero-order valence-corrected chi connectivity index (χ0v) is 8.73. The number of hydrogen-bond donors (Lipinski definition) is 1. The molecule has 3 atom stereocenters. The van der Waals surface area contributed by atoms with Crippen LogP contribution in [0.2, 0.25) is 0 Å². The van der Waals surface area contributed by atoms with E-state index in [2.05, 4.69) is 6.92 Å². The molecule has 0 spiro atoms. The van der Waals surface area contributed by atoms with Gasteiger partial charge in [-0.25, -0.2) is 0 Å². The van der Waals surface area contributed by atoms with Crippen molar-refractivity contribution in [1.82, 2.24) is 0 Å². The summed E-state index contributed by atoms with van der Waals surface area (Å²) in [6.07, 6.45) is 1.48. The third-order valence-corrected chi connectivity index (χ3v) is 4.10. The van der Waals surface area contributed by atoms with E-state index in [4.69, 9.17) is 0 Å². The average molecular weight is 202 g/mol. The smallest absolute Gasteiger partial charge is 0.163 e. The first kappa shape index (κ1) is 9.10. The molecule has 1 fully saturated rings. The summed E-state index contributed by atoms with van der Waals surface area (Å²) in [6, 6.07) is 7.49. The van der Waals surface area contributed by atoms with Gasteiger partial charge in [-0.1, -0.05) is 31.2 Å². The SMILES string of the molecule is C[C@H]1C[C@@H]2CC(=O)c3ccccc3[C@@]21O. The van der Waals surface area contributed by atoms with E-state index in [1.54, 1.807) is 0 Å². The van der Waals surface area contributed by atoms with Crippen molar-refractivity contribution in [3.05, 3.63) is 35.4 Å². The van der Waals surface area contributed by atoms with E-state index < -0.39 is 5.60 Å². The topological polar surface area (TPSA) is 37.3 Å². The van der Waals surface area contributed by atoms with E-state index in [9.17, 15) is 9.90 Å². The van der Waals surface area contributed by atoms with Gasteiger partial charge in [0.05, 0.1) is 5.60 Å². The van der Waals surface area contributed by atoms with Crippen molar-refractivity contribution in [3.63, 3.8) is 0 Å². The Morgan fingerprint density at radius 2 is 2.13 bits per heavy atom. The molecule has 1 saturated carbocycles. The Morgan fingerprint density at radius 3 is 2.87 bits per heavy atom. The fourth-order valence-corrected chi connectivity index (χ4v) is 3.16. The van der Waals surface area contributed by atoms with Gasteiger partial charge in [0.25, 0.3) is 0 Å². The fourth-order valence-electron chi connectivity index (χ4n) is 3.16. The number of ketones is 1. The second kappa shape index (κ2) is 2.70. The molecule has 0 amide bonds. The van der Waals surface area contributed by atoms with Crippen LogP contribution in [0.5, 0.6) is 0 Å². The van der Waals surface area contributed by atoms with Crippen LogP contribution in [0, 0.1) is 11.8 Å². The zero-order chi connectivity index (χ0) is 10.6. The van der Waals surface area contributed by atoms with Crippen LogP contribution in [0.3, 0.4) is 0 Å². The van der Waals surface area contributed by atoms with Gasteiger partial charge in [0, 0.05) is 12.0 Å². The van der Waals surface area contributed by atoms with E-state index >= 15 is 0 Å². The maximum Gasteiger partial charge on any atom is 0.163 e. The van der Waals surface area contributed by atoms with Crippen LogP contribution in [0.25, 0.3) is 0 Å². The number of aliphatic hydroxyl groups is 1. The molecule has 3 rings (SSSR count). The number of benzene rings is 1. The van der Waals surface area contributed by atoms with Crippen LogP contribution in [-0.4, -0.2) is 10.9 Å². The highest BCUT2D eigenvalue weighted by Crippen LogP contribution is 2.56. The van der Waals surface area contributed by atoms with Gasteiger partial charge in [-0.2, -0.15) is 0 Å². The molecule has 2 aliphatic rings. The van der Waals surface area contributed by atoms with Crippen molar-refractivity contribution in [2.45, 2.75) is 25.4 Å². The molecular weight excluding hydrogens is 188 g/mol. The third kappa shape index (κ3) is 0.953. The summed E-state index contributed by atoms with van der Waals surface area (Å²) in [4.78, 5) is 11.8. The first-order chi connectivity index (χ1) is 7.14. The number of hydrogen-bond acceptors (Lipinski definition) is 2. The van der Waals surface area contributed by atoms with E-state index in [1.165, 1.54) is 0 Å². The third-order valence-electron chi connectivity index (χ3n) is 4.10. The van der Waals surface area contributed by atoms with Gasteiger partial charge < -0.3 is 5.11 Å². The standard InChI is InChI=1S/C13H14O2/c1-8-6-9-7-12(14)10-4-2-3-5-11(10)13(8,9)15/h2-5,8-9,15H,6-7H2,1H3/t8-,9+,13-/m0/s1. The first-order valence-corrected chi connectivity index (χ1v) is 5.49. The molecule has 0 aliphatic heterocycles. The van der Waals surface area contributed by atoms with Crippen molar-refractivity contribution in [2.24, 2.45) is 11.8 Å². The van der Waals surface area contributed by atoms with E-state index in [0.717, 1.165) is 17.5 Å². The summed E-state index contributed by atoms with van der Waals surface area (Å²) in [5, 5.41) is 10.6. The lowest BCUT2D eigenvalue weighted by atomic mass is 9.54. The number of carbonyl (C=O) groups excluding carboxylic acids is 1. The molecule has 1 N–H and O–H groups in total. The zero-order valence-electron chi connectivity index (χ0n) is 8.73. The Balaban J connectivity index is 2.21. The molecule has 78 valence electrons. The Kier molecular flexibility index (Phi) is 1.64. The van der Waals surface area contributed by atoms with Gasteiger partial charge in [-0.3, -0.25) is 4.79 Å². The number of rotatable bonds is 0. The molecule has 0 aromatic heterocycles. The summed E-state index contributed by atoms with van der Waals surface area (Å²) in [5.41, 5.74) is 0.845. The van der Waals surface area contributed by atoms with Crippen LogP contribution >= 0.6 is 0 Å². The van der Waals surface area contributed by atoms with Crippen LogP contribution in [0.15, 0.2) is 24.3 Å². The van der Waals surface area contributed by atoms with Crippen molar-refractivity contribution >= 4 is 5.78 Å². The minimum absolute atomic E-state index is 0.148. The Bertz CT molecular complexity index is 438. The summed E-state index contributed by atoms with van der Waals surface area (Å²) < 4.78 is 0. The number of fused-ring (bicyclic) bond motifs is 3. The van der Waals surface area contributed by atoms with Crippen LogP contribution in [-0.2, 0) is 5.60 Å². The molecule has 15 heavy (non-hydrogen) atoms. The second-order valence-corrected chi connectivity index (χ2v) is 4.83. The molecule has 2 heteroatoms. The first-order valence-electron chi connectivity index (χ1n) is 5.49. The van der Waals surface area contributed by atoms with Gasteiger partial charge in [-0.05, 0) is 23.8 Å². The number of Topliss-reactive ketones (excluding diaryl/α,β-unsaturated/α-hetero) is 1. The van der Waals surface area contributed by atoms with Crippen LogP contribution in [0.4, 0.5) is 0 Å². The molecule has 0 radical (unpaired) electrons. The predicted molar refractivity (Wildman–Crippen MR) is 56.6 cm³/mol. The summed E-state index contributed by atoms with van der Waals surface area (Å²) in [6.45, 7) is 2.06. The fraction of sp³-hybridized carbons (Fsp3) is 0.462. The van der Waals surface area contributed by atoms with Crippen molar-refractivity contribution < 1.29 is 9.90 Å². The molecule has 0 heterocycles. The lowest BCUT2D eigenvalue weighted by molar-refractivity contribution is -0.154. The van der Waals surface area contributed by atoms with Gasteiger partial charge >= 0.3 is 0 Å².